The second-order valence-corrected chi connectivity index (χ2v) is 5.73. The minimum Gasteiger partial charge on any atom is -0.397 e. The van der Waals surface area contributed by atoms with E-state index in [2.05, 4.69) is 11.3 Å². The molecule has 1 aromatic rings. The Balaban J connectivity index is 2.99. The lowest BCUT2D eigenvalue weighted by Gasteiger charge is -2.07. The van der Waals surface area contributed by atoms with Gasteiger partial charge in [-0.05, 0) is 18.2 Å². The molecule has 0 unspecified atom stereocenters. The van der Waals surface area contributed by atoms with Gasteiger partial charge >= 0.3 is 0 Å². The highest BCUT2D eigenvalue weighted by atomic mass is 35.5. The van der Waals surface area contributed by atoms with Crippen molar-refractivity contribution in [1.29, 1.82) is 0 Å². The summed E-state index contributed by atoms with van der Waals surface area (Å²) in [7, 11) is -3.63. The van der Waals surface area contributed by atoms with Gasteiger partial charge in [0.15, 0.2) is 0 Å². The van der Waals surface area contributed by atoms with Gasteiger partial charge in [-0.3, -0.25) is 0 Å². The first kappa shape index (κ1) is 13.3. The molecule has 88 valence electrons. The first-order chi connectivity index (χ1) is 7.33. The third-order valence-electron chi connectivity index (χ3n) is 1.73. The summed E-state index contributed by atoms with van der Waals surface area (Å²) in [6, 6.07) is 4.06. The lowest BCUT2D eigenvalue weighted by atomic mass is 10.3. The molecule has 0 bridgehead atoms. The van der Waals surface area contributed by atoms with E-state index >= 15 is 0 Å². The summed E-state index contributed by atoms with van der Waals surface area (Å²) in [4.78, 5) is 0.0346. The van der Waals surface area contributed by atoms with Crippen LogP contribution in [0.25, 0.3) is 0 Å². The normalized spacial score (nSPS) is 11.4. The van der Waals surface area contributed by atoms with Crippen LogP contribution in [-0.2, 0) is 10.0 Å². The summed E-state index contributed by atoms with van der Waals surface area (Å²) in [5.41, 5.74) is 5.71. The fourth-order valence-corrected chi connectivity index (χ4v) is 2.27. The number of sulfonamides is 1. The summed E-state index contributed by atoms with van der Waals surface area (Å²) in [6.45, 7) is 3.34. The lowest BCUT2D eigenvalue weighted by molar-refractivity contribution is 0.585. The van der Waals surface area contributed by atoms with E-state index < -0.39 is 10.0 Å². The number of nitrogen functional groups attached to an aromatic ring is 1. The molecule has 0 spiro atoms. The van der Waals surface area contributed by atoms with Crippen LogP contribution in [0.4, 0.5) is 5.69 Å². The molecule has 0 aromatic heterocycles. The van der Waals surface area contributed by atoms with Crippen molar-refractivity contribution in [2.24, 2.45) is 0 Å². The van der Waals surface area contributed by atoms with Crippen molar-refractivity contribution >= 4 is 38.9 Å². The van der Waals surface area contributed by atoms with E-state index in [1.807, 2.05) is 0 Å². The maximum absolute atomic E-state index is 11.7. The standard InChI is InChI=1S/C9H10Cl2N2O2S/c1-6(10)5-13-16(14,15)7-2-3-8(11)9(12)4-7/h2-4,13H,1,5,12H2. The summed E-state index contributed by atoms with van der Waals surface area (Å²) in [5.74, 6) is 0. The van der Waals surface area contributed by atoms with Crippen LogP contribution >= 0.6 is 23.2 Å². The maximum atomic E-state index is 11.7. The van der Waals surface area contributed by atoms with Gasteiger partial charge in [-0.1, -0.05) is 29.8 Å². The van der Waals surface area contributed by atoms with Gasteiger partial charge in [0.2, 0.25) is 10.0 Å². The highest BCUT2D eigenvalue weighted by Crippen LogP contribution is 2.22. The molecule has 0 fully saturated rings. The number of benzene rings is 1. The van der Waals surface area contributed by atoms with E-state index in [9.17, 15) is 8.42 Å². The molecule has 0 saturated carbocycles. The number of hydrogen-bond acceptors (Lipinski definition) is 3. The Morgan fingerprint density at radius 2 is 2.12 bits per heavy atom. The average Bonchev–Trinajstić information content (AvgIpc) is 2.19. The molecule has 16 heavy (non-hydrogen) atoms. The largest absolute Gasteiger partial charge is 0.397 e. The summed E-state index contributed by atoms with van der Waals surface area (Å²) >= 11 is 11.1. The molecule has 0 aliphatic heterocycles. The van der Waals surface area contributed by atoms with Gasteiger partial charge in [-0.15, -0.1) is 0 Å². The van der Waals surface area contributed by atoms with E-state index in [-0.39, 0.29) is 22.2 Å². The molecule has 0 aliphatic rings. The highest BCUT2D eigenvalue weighted by Gasteiger charge is 2.14. The van der Waals surface area contributed by atoms with E-state index in [1.165, 1.54) is 18.2 Å². The monoisotopic (exact) mass is 280 g/mol. The minimum atomic E-state index is -3.63. The Morgan fingerprint density at radius 1 is 1.50 bits per heavy atom. The zero-order valence-corrected chi connectivity index (χ0v) is 10.5. The van der Waals surface area contributed by atoms with Crippen molar-refractivity contribution in [3.8, 4) is 0 Å². The van der Waals surface area contributed by atoms with Gasteiger partial charge in [-0.25, -0.2) is 13.1 Å². The maximum Gasteiger partial charge on any atom is 0.240 e. The van der Waals surface area contributed by atoms with Crippen molar-refractivity contribution in [2.75, 3.05) is 12.3 Å². The molecule has 4 nitrogen and oxygen atoms in total. The van der Waals surface area contributed by atoms with Crippen LogP contribution in [0.3, 0.4) is 0 Å². The Kier molecular flexibility index (Phi) is 4.21. The van der Waals surface area contributed by atoms with Crippen LogP contribution in [0.5, 0.6) is 0 Å². The van der Waals surface area contributed by atoms with Crippen molar-refractivity contribution in [2.45, 2.75) is 4.90 Å². The molecule has 3 N–H and O–H groups in total. The molecule has 0 amide bonds. The highest BCUT2D eigenvalue weighted by molar-refractivity contribution is 7.89. The van der Waals surface area contributed by atoms with Crippen LogP contribution < -0.4 is 10.5 Å². The zero-order valence-electron chi connectivity index (χ0n) is 8.20. The van der Waals surface area contributed by atoms with Crippen LogP contribution in [0, 0.1) is 0 Å². The van der Waals surface area contributed by atoms with Crippen LogP contribution in [0.15, 0.2) is 34.7 Å². The first-order valence-corrected chi connectivity index (χ1v) is 6.45. The Labute approximate surface area is 104 Å². The van der Waals surface area contributed by atoms with Gasteiger partial charge in [0.1, 0.15) is 0 Å². The van der Waals surface area contributed by atoms with Gasteiger partial charge in [0.25, 0.3) is 0 Å². The Hall–Kier alpha value is -0.750. The van der Waals surface area contributed by atoms with Crippen molar-refractivity contribution in [3.63, 3.8) is 0 Å². The van der Waals surface area contributed by atoms with Gasteiger partial charge in [0.05, 0.1) is 15.6 Å². The topological polar surface area (TPSA) is 72.2 Å². The number of nitrogens with two attached hydrogens (primary N) is 1. The van der Waals surface area contributed by atoms with E-state index in [0.717, 1.165) is 0 Å². The summed E-state index contributed by atoms with van der Waals surface area (Å²) in [5, 5.41) is 0.506. The fraction of sp³-hybridized carbons (Fsp3) is 0.111. The predicted molar refractivity (Wildman–Crippen MR) is 66.0 cm³/mol. The number of anilines is 1. The summed E-state index contributed by atoms with van der Waals surface area (Å²) in [6.07, 6.45) is 0. The van der Waals surface area contributed by atoms with Crippen molar-refractivity contribution in [3.05, 3.63) is 34.8 Å². The van der Waals surface area contributed by atoms with Crippen LogP contribution in [0.2, 0.25) is 5.02 Å². The average molecular weight is 281 g/mol. The third kappa shape index (κ3) is 3.38. The minimum absolute atomic E-state index is 0.0346. The number of nitrogens with one attached hydrogen (secondary N) is 1. The van der Waals surface area contributed by atoms with Gasteiger partial charge in [0, 0.05) is 11.6 Å². The first-order valence-electron chi connectivity index (χ1n) is 4.21. The third-order valence-corrected chi connectivity index (χ3v) is 3.61. The second kappa shape index (κ2) is 5.05. The number of halogens is 2. The van der Waals surface area contributed by atoms with E-state index in [0.29, 0.717) is 5.02 Å². The Morgan fingerprint density at radius 3 is 2.62 bits per heavy atom. The molecule has 0 heterocycles. The molecular weight excluding hydrogens is 271 g/mol. The molecule has 0 aliphatic carbocycles. The predicted octanol–water partition coefficient (Wildman–Crippen LogP) is 1.95. The van der Waals surface area contributed by atoms with Crippen LogP contribution in [-0.4, -0.2) is 15.0 Å². The summed E-state index contributed by atoms with van der Waals surface area (Å²) < 4.78 is 25.6. The van der Waals surface area contributed by atoms with Crippen molar-refractivity contribution in [1.82, 2.24) is 4.72 Å². The van der Waals surface area contributed by atoms with E-state index in [1.54, 1.807) is 0 Å². The number of rotatable bonds is 4. The molecule has 0 saturated heterocycles. The molecule has 1 rings (SSSR count). The molecule has 7 heteroatoms. The van der Waals surface area contributed by atoms with Crippen LogP contribution in [0.1, 0.15) is 0 Å². The van der Waals surface area contributed by atoms with E-state index in [4.69, 9.17) is 28.9 Å². The quantitative estimate of drug-likeness (QED) is 0.828. The van der Waals surface area contributed by atoms with Crippen molar-refractivity contribution < 1.29 is 8.42 Å². The number of hydrogen-bond donors (Lipinski definition) is 2. The zero-order chi connectivity index (χ0) is 12.3. The lowest BCUT2D eigenvalue weighted by Crippen LogP contribution is -2.24. The fourth-order valence-electron chi connectivity index (χ4n) is 0.946. The smallest absolute Gasteiger partial charge is 0.240 e. The molecule has 1 aromatic carbocycles. The molecule has 0 atom stereocenters. The molecule has 0 radical (unpaired) electrons. The van der Waals surface area contributed by atoms with Gasteiger partial charge < -0.3 is 5.73 Å². The molecular formula is C9H10Cl2N2O2S. The second-order valence-electron chi connectivity index (χ2n) is 3.03. The SMILES string of the molecule is C=C(Cl)CNS(=O)(=O)c1ccc(Cl)c(N)c1. The van der Waals surface area contributed by atoms with Gasteiger partial charge in [-0.2, -0.15) is 0 Å². The Bertz CT molecular complexity index is 514.